The lowest BCUT2D eigenvalue weighted by Gasteiger charge is -2.11. The third kappa shape index (κ3) is 3.29. The Kier molecular flexibility index (Phi) is 3.98. The van der Waals surface area contributed by atoms with Crippen LogP contribution in [-0.2, 0) is 6.54 Å². The fraction of sp³-hybridized carbons (Fsp3) is 0.538. The van der Waals surface area contributed by atoms with E-state index in [1.54, 1.807) is 0 Å². The van der Waals surface area contributed by atoms with Gasteiger partial charge >= 0.3 is 0 Å². The van der Waals surface area contributed by atoms with E-state index < -0.39 is 0 Å². The van der Waals surface area contributed by atoms with Gasteiger partial charge in [0.15, 0.2) is 0 Å². The molecule has 1 unspecified atom stereocenters. The van der Waals surface area contributed by atoms with Crippen LogP contribution in [0.3, 0.4) is 0 Å². The largest absolute Gasteiger partial charge is 0.312 e. The first-order chi connectivity index (χ1) is 7.66. The molecule has 0 amide bonds. The Hall–Kier alpha value is -0.410. The van der Waals surface area contributed by atoms with Crippen LogP contribution in [0.5, 0.6) is 0 Å². The summed E-state index contributed by atoms with van der Waals surface area (Å²) in [6.45, 7) is 4.17. The maximum atomic E-state index is 13.0. The van der Waals surface area contributed by atoms with Gasteiger partial charge in [-0.05, 0) is 64.8 Å². The van der Waals surface area contributed by atoms with Gasteiger partial charge in [-0.1, -0.05) is 13.0 Å². The molecule has 16 heavy (non-hydrogen) atoms. The van der Waals surface area contributed by atoms with E-state index in [1.165, 1.54) is 18.9 Å². The summed E-state index contributed by atoms with van der Waals surface area (Å²) in [7, 11) is 0. The topological polar surface area (TPSA) is 12.0 Å². The molecule has 0 saturated heterocycles. The normalized spacial score (nSPS) is 17.4. The highest BCUT2D eigenvalue weighted by Gasteiger charge is 2.27. The molecule has 0 heterocycles. The summed E-state index contributed by atoms with van der Waals surface area (Å²) in [5.74, 6) is 1.51. The van der Waals surface area contributed by atoms with Gasteiger partial charge in [-0.3, -0.25) is 0 Å². The number of hydrogen-bond donors (Lipinski definition) is 1. The van der Waals surface area contributed by atoms with Crippen LogP contribution >= 0.6 is 15.9 Å². The van der Waals surface area contributed by atoms with Crippen LogP contribution in [0.2, 0.25) is 0 Å². The van der Waals surface area contributed by atoms with Gasteiger partial charge < -0.3 is 5.32 Å². The highest BCUT2D eigenvalue weighted by molar-refractivity contribution is 9.10. The molecule has 1 atom stereocenters. The maximum Gasteiger partial charge on any atom is 0.137 e. The summed E-state index contributed by atoms with van der Waals surface area (Å²) in [6.07, 6.45) is 2.79. The summed E-state index contributed by atoms with van der Waals surface area (Å²) in [6, 6.07) is 5.17. The van der Waals surface area contributed by atoms with Crippen molar-refractivity contribution in [2.75, 3.05) is 6.54 Å². The van der Waals surface area contributed by atoms with E-state index in [4.69, 9.17) is 0 Å². The lowest BCUT2D eigenvalue weighted by Crippen LogP contribution is -2.21. The summed E-state index contributed by atoms with van der Waals surface area (Å²) in [5.41, 5.74) is 1.12. The summed E-state index contributed by atoms with van der Waals surface area (Å²) in [4.78, 5) is 0. The Morgan fingerprint density at radius 2 is 2.25 bits per heavy atom. The second-order valence-electron chi connectivity index (χ2n) is 4.69. The van der Waals surface area contributed by atoms with E-state index in [0.717, 1.165) is 30.5 Å². The fourth-order valence-electron chi connectivity index (χ4n) is 1.93. The SMILES string of the molecule is CC(CNCc1ccc(F)c(Br)c1)C1CC1. The minimum Gasteiger partial charge on any atom is -0.312 e. The zero-order chi connectivity index (χ0) is 11.5. The Balaban J connectivity index is 1.78. The van der Waals surface area contributed by atoms with Crippen molar-refractivity contribution < 1.29 is 4.39 Å². The number of halogens is 2. The molecule has 0 aromatic heterocycles. The minimum absolute atomic E-state index is 0.199. The van der Waals surface area contributed by atoms with Crippen LogP contribution in [0.4, 0.5) is 4.39 Å². The van der Waals surface area contributed by atoms with E-state index in [0.29, 0.717) is 4.47 Å². The quantitative estimate of drug-likeness (QED) is 0.869. The fourth-order valence-corrected chi connectivity index (χ4v) is 2.35. The first kappa shape index (κ1) is 12.1. The second kappa shape index (κ2) is 5.28. The van der Waals surface area contributed by atoms with Gasteiger partial charge in [-0.2, -0.15) is 0 Å². The predicted octanol–water partition coefficient (Wildman–Crippen LogP) is 3.72. The molecule has 1 aromatic carbocycles. The molecule has 1 aliphatic rings. The van der Waals surface area contributed by atoms with E-state index in [1.807, 2.05) is 12.1 Å². The van der Waals surface area contributed by atoms with Crippen LogP contribution in [0.1, 0.15) is 25.3 Å². The van der Waals surface area contributed by atoms with Gasteiger partial charge in [0.05, 0.1) is 4.47 Å². The van der Waals surface area contributed by atoms with Crippen molar-refractivity contribution in [2.24, 2.45) is 11.8 Å². The van der Waals surface area contributed by atoms with Gasteiger partial charge in [0.2, 0.25) is 0 Å². The zero-order valence-electron chi connectivity index (χ0n) is 9.47. The van der Waals surface area contributed by atoms with Crippen LogP contribution in [0, 0.1) is 17.7 Å². The van der Waals surface area contributed by atoms with Crippen LogP contribution in [-0.4, -0.2) is 6.54 Å². The molecular weight excluding hydrogens is 269 g/mol. The molecule has 0 aliphatic heterocycles. The monoisotopic (exact) mass is 285 g/mol. The first-order valence-electron chi connectivity index (χ1n) is 5.81. The zero-order valence-corrected chi connectivity index (χ0v) is 11.1. The third-order valence-corrected chi connectivity index (χ3v) is 3.81. The maximum absolute atomic E-state index is 13.0. The average molecular weight is 286 g/mol. The molecule has 1 aromatic rings. The molecule has 2 rings (SSSR count). The molecule has 1 N–H and O–H groups in total. The van der Waals surface area contributed by atoms with Crippen molar-refractivity contribution in [3.05, 3.63) is 34.1 Å². The molecule has 0 bridgehead atoms. The molecule has 88 valence electrons. The van der Waals surface area contributed by atoms with Gasteiger partial charge in [0.1, 0.15) is 5.82 Å². The molecule has 0 radical (unpaired) electrons. The first-order valence-corrected chi connectivity index (χ1v) is 6.61. The minimum atomic E-state index is -0.199. The van der Waals surface area contributed by atoms with E-state index in [2.05, 4.69) is 28.2 Å². The number of rotatable bonds is 5. The molecule has 1 aliphatic carbocycles. The number of nitrogens with one attached hydrogen (secondary N) is 1. The number of hydrogen-bond acceptors (Lipinski definition) is 1. The molecule has 1 saturated carbocycles. The van der Waals surface area contributed by atoms with Gasteiger partial charge in [0, 0.05) is 6.54 Å². The molecule has 1 nitrogen and oxygen atoms in total. The predicted molar refractivity (Wildman–Crippen MR) is 67.7 cm³/mol. The van der Waals surface area contributed by atoms with Crippen molar-refractivity contribution in [3.8, 4) is 0 Å². The molecule has 3 heteroatoms. The highest BCUT2D eigenvalue weighted by atomic mass is 79.9. The molecule has 1 fully saturated rings. The summed E-state index contributed by atoms with van der Waals surface area (Å²) >= 11 is 3.20. The second-order valence-corrected chi connectivity index (χ2v) is 5.55. The third-order valence-electron chi connectivity index (χ3n) is 3.21. The van der Waals surface area contributed by atoms with Gasteiger partial charge in [-0.25, -0.2) is 4.39 Å². The Morgan fingerprint density at radius 1 is 1.50 bits per heavy atom. The lowest BCUT2D eigenvalue weighted by molar-refractivity contribution is 0.461. The number of benzene rings is 1. The van der Waals surface area contributed by atoms with Crippen LogP contribution < -0.4 is 5.32 Å². The van der Waals surface area contributed by atoms with Gasteiger partial charge in [-0.15, -0.1) is 0 Å². The average Bonchev–Trinajstić information content (AvgIpc) is 3.07. The molecule has 0 spiro atoms. The van der Waals surface area contributed by atoms with Crippen molar-refractivity contribution in [1.29, 1.82) is 0 Å². The summed E-state index contributed by atoms with van der Waals surface area (Å²) in [5, 5.41) is 3.43. The molecular formula is C13H17BrFN. The Labute approximate surface area is 105 Å². The Bertz CT molecular complexity index is 363. The summed E-state index contributed by atoms with van der Waals surface area (Å²) < 4.78 is 13.5. The Morgan fingerprint density at radius 3 is 2.88 bits per heavy atom. The van der Waals surface area contributed by atoms with Crippen LogP contribution in [0.25, 0.3) is 0 Å². The lowest BCUT2D eigenvalue weighted by atomic mass is 10.1. The smallest absolute Gasteiger partial charge is 0.137 e. The highest BCUT2D eigenvalue weighted by Crippen LogP contribution is 2.36. The van der Waals surface area contributed by atoms with Crippen molar-refractivity contribution in [3.63, 3.8) is 0 Å². The van der Waals surface area contributed by atoms with E-state index in [-0.39, 0.29) is 5.82 Å². The van der Waals surface area contributed by atoms with Crippen molar-refractivity contribution in [2.45, 2.75) is 26.3 Å². The standard InChI is InChI=1S/C13H17BrFN/c1-9(11-3-4-11)7-16-8-10-2-5-13(15)12(14)6-10/h2,5-6,9,11,16H,3-4,7-8H2,1H3. The van der Waals surface area contributed by atoms with E-state index in [9.17, 15) is 4.39 Å². The van der Waals surface area contributed by atoms with E-state index >= 15 is 0 Å². The van der Waals surface area contributed by atoms with Crippen molar-refractivity contribution >= 4 is 15.9 Å². The van der Waals surface area contributed by atoms with Crippen molar-refractivity contribution in [1.82, 2.24) is 5.32 Å². The van der Waals surface area contributed by atoms with Gasteiger partial charge in [0.25, 0.3) is 0 Å². The van der Waals surface area contributed by atoms with Crippen LogP contribution in [0.15, 0.2) is 22.7 Å².